The summed E-state index contributed by atoms with van der Waals surface area (Å²) >= 11 is 0. The Morgan fingerprint density at radius 1 is 0.288 bits per heavy atom. The molecule has 6 nitrogen and oxygen atoms in total. The number of ether oxygens (including phenoxy) is 3. The van der Waals surface area contributed by atoms with Gasteiger partial charge in [-0.2, -0.15) is 0 Å². The van der Waals surface area contributed by atoms with E-state index in [0.717, 1.165) is 109 Å². The minimum Gasteiger partial charge on any atom is -0.462 e. The van der Waals surface area contributed by atoms with Gasteiger partial charge in [0, 0.05) is 19.3 Å². The Morgan fingerprint density at radius 2 is 0.562 bits per heavy atom. The second-order valence-corrected chi connectivity index (χ2v) is 18.1. The Labute approximate surface area is 447 Å². The van der Waals surface area contributed by atoms with Gasteiger partial charge in [0.15, 0.2) is 6.10 Å². The summed E-state index contributed by atoms with van der Waals surface area (Å²) in [7, 11) is 0. The highest BCUT2D eigenvalue weighted by molar-refractivity contribution is 5.71. The van der Waals surface area contributed by atoms with Crippen LogP contribution in [0.1, 0.15) is 213 Å². The van der Waals surface area contributed by atoms with E-state index < -0.39 is 12.1 Å². The molecule has 0 radical (unpaired) electrons. The van der Waals surface area contributed by atoms with Gasteiger partial charge in [-0.25, -0.2) is 0 Å². The molecular formula is C67H102O6. The van der Waals surface area contributed by atoms with Crippen LogP contribution in [0.15, 0.2) is 170 Å². The van der Waals surface area contributed by atoms with Crippen LogP contribution in [0, 0.1) is 0 Å². The van der Waals surface area contributed by atoms with Crippen molar-refractivity contribution < 1.29 is 28.6 Å². The third kappa shape index (κ3) is 57.5. The highest BCUT2D eigenvalue weighted by Crippen LogP contribution is 2.10. The highest BCUT2D eigenvalue weighted by atomic mass is 16.6. The zero-order valence-electron chi connectivity index (χ0n) is 46.3. The predicted octanol–water partition coefficient (Wildman–Crippen LogP) is 19.5. The SMILES string of the molecule is CC/C=C\C/C=C\C/C=C\C/C=C\CCCCCCC(=O)OC[C@H](COC(=O)CC/C=C\C/C=C\C/C=C\C/C=C\C/C=C\CCCCC)OC(=O)CC/C=C\C/C=C\C/C=C\C/C=C\C/C=C\CCCCC. The topological polar surface area (TPSA) is 78.9 Å². The van der Waals surface area contributed by atoms with E-state index in [9.17, 15) is 14.4 Å². The van der Waals surface area contributed by atoms with E-state index in [2.05, 4.69) is 167 Å². The molecule has 1 atom stereocenters. The number of carbonyl (C=O) groups excluding carboxylic acids is 3. The van der Waals surface area contributed by atoms with Crippen molar-refractivity contribution in [1.29, 1.82) is 0 Å². The van der Waals surface area contributed by atoms with E-state index in [0.29, 0.717) is 19.3 Å². The number of esters is 3. The molecule has 0 aliphatic carbocycles. The fourth-order valence-corrected chi connectivity index (χ4v) is 6.93. The molecule has 0 unspecified atom stereocenters. The molecule has 0 amide bonds. The van der Waals surface area contributed by atoms with Crippen molar-refractivity contribution in [2.24, 2.45) is 0 Å². The molecule has 0 saturated heterocycles. The lowest BCUT2D eigenvalue weighted by Crippen LogP contribution is -2.30. The largest absolute Gasteiger partial charge is 0.462 e. The fraction of sp³-hybridized carbons (Fsp3) is 0.537. The molecule has 0 aromatic heterocycles. The second-order valence-electron chi connectivity index (χ2n) is 18.1. The molecule has 0 fully saturated rings. The summed E-state index contributed by atoms with van der Waals surface area (Å²) in [6, 6.07) is 0. The number of hydrogen-bond acceptors (Lipinski definition) is 6. The minimum atomic E-state index is -0.868. The van der Waals surface area contributed by atoms with Gasteiger partial charge in [0.05, 0.1) is 0 Å². The summed E-state index contributed by atoms with van der Waals surface area (Å²) in [5, 5.41) is 0. The smallest absolute Gasteiger partial charge is 0.306 e. The van der Waals surface area contributed by atoms with E-state index >= 15 is 0 Å². The molecule has 0 aliphatic heterocycles. The van der Waals surface area contributed by atoms with Gasteiger partial charge in [0.1, 0.15) is 13.2 Å². The van der Waals surface area contributed by atoms with Crippen molar-refractivity contribution in [2.75, 3.05) is 13.2 Å². The summed E-state index contributed by atoms with van der Waals surface area (Å²) in [5.41, 5.74) is 0. The van der Waals surface area contributed by atoms with Gasteiger partial charge >= 0.3 is 17.9 Å². The molecule has 73 heavy (non-hydrogen) atoms. The third-order valence-electron chi connectivity index (χ3n) is 11.2. The molecule has 0 N–H and O–H groups in total. The summed E-state index contributed by atoms with van der Waals surface area (Å²) in [4.78, 5) is 38.1. The van der Waals surface area contributed by atoms with Crippen molar-refractivity contribution in [3.8, 4) is 0 Å². The molecule has 0 heterocycles. The summed E-state index contributed by atoms with van der Waals surface area (Å²) < 4.78 is 16.7. The number of carbonyl (C=O) groups is 3. The lowest BCUT2D eigenvalue weighted by Gasteiger charge is -2.18. The first-order valence-corrected chi connectivity index (χ1v) is 28.6. The Balaban J connectivity index is 4.70. The maximum absolute atomic E-state index is 12.8. The lowest BCUT2D eigenvalue weighted by atomic mass is 10.1. The van der Waals surface area contributed by atoms with Gasteiger partial charge in [-0.05, 0) is 135 Å². The third-order valence-corrected chi connectivity index (χ3v) is 11.2. The predicted molar refractivity (Wildman–Crippen MR) is 315 cm³/mol. The average Bonchev–Trinajstić information content (AvgIpc) is 3.39. The van der Waals surface area contributed by atoms with Gasteiger partial charge in [0.2, 0.25) is 0 Å². The van der Waals surface area contributed by atoms with Gasteiger partial charge in [-0.15, -0.1) is 0 Å². The Bertz CT molecular complexity index is 1720. The molecule has 0 aliphatic rings. The molecule has 0 aromatic carbocycles. The number of rotatable bonds is 49. The first-order valence-electron chi connectivity index (χ1n) is 28.6. The quantitative estimate of drug-likeness (QED) is 0.0261. The van der Waals surface area contributed by atoms with Gasteiger partial charge in [-0.3, -0.25) is 14.4 Å². The highest BCUT2D eigenvalue weighted by Gasteiger charge is 2.19. The van der Waals surface area contributed by atoms with Crippen LogP contribution in [0.2, 0.25) is 0 Å². The number of allylic oxidation sites excluding steroid dienone is 28. The van der Waals surface area contributed by atoms with Crippen LogP contribution >= 0.6 is 0 Å². The Kier molecular flexibility index (Phi) is 55.1. The molecule has 6 heteroatoms. The molecule has 0 rings (SSSR count). The molecule has 0 spiro atoms. The van der Waals surface area contributed by atoms with Crippen molar-refractivity contribution in [3.05, 3.63) is 170 Å². The van der Waals surface area contributed by atoms with Crippen LogP contribution in [0.25, 0.3) is 0 Å². The van der Waals surface area contributed by atoms with E-state index in [1.807, 2.05) is 24.3 Å². The van der Waals surface area contributed by atoms with E-state index in [-0.39, 0.29) is 38.0 Å². The zero-order chi connectivity index (χ0) is 52.9. The zero-order valence-corrected chi connectivity index (χ0v) is 46.3. The lowest BCUT2D eigenvalue weighted by molar-refractivity contribution is -0.166. The molecule has 406 valence electrons. The number of hydrogen-bond donors (Lipinski definition) is 0. The van der Waals surface area contributed by atoms with Crippen molar-refractivity contribution in [3.63, 3.8) is 0 Å². The molecule has 0 saturated carbocycles. The van der Waals surface area contributed by atoms with Gasteiger partial charge < -0.3 is 14.2 Å². The maximum Gasteiger partial charge on any atom is 0.306 e. The van der Waals surface area contributed by atoms with E-state index in [4.69, 9.17) is 14.2 Å². The van der Waals surface area contributed by atoms with Crippen LogP contribution in [0.3, 0.4) is 0 Å². The van der Waals surface area contributed by atoms with Crippen LogP contribution in [-0.4, -0.2) is 37.2 Å². The summed E-state index contributed by atoms with van der Waals surface area (Å²) in [6.07, 6.45) is 87.9. The van der Waals surface area contributed by atoms with Crippen LogP contribution in [-0.2, 0) is 28.6 Å². The first-order chi connectivity index (χ1) is 36.0. The average molecular weight is 1000 g/mol. The maximum atomic E-state index is 12.8. The fourth-order valence-electron chi connectivity index (χ4n) is 6.93. The molecule has 0 bridgehead atoms. The second kappa shape index (κ2) is 59.3. The minimum absolute atomic E-state index is 0.152. The standard InChI is InChI=1S/C67H102O6/c1-4-7-10-13-16-19-22-25-28-31-33-36-39-42-45-48-51-54-57-60-66(69)72-63-64(62-71-65(68)59-56-53-50-47-44-41-38-35-30-27-24-21-18-15-12-9-6-3)73-67(70)61-58-55-52-49-46-43-40-37-34-32-29-26-23-20-17-14-11-8-5-2/h9,12,16-21,25-30,33-34,36-38,41-43,45-46,51-52,54-55,64H,4-8,10-11,13-15,22-24,31-32,35,39-40,44,47-50,53,56-63H2,1-3H3/b12-9-,19-16-,20-17-,21-18-,28-25-,29-26-,30-27-,36-33-,37-34-,41-38-,45-42-,46-43-,54-51-,55-52-/t64-/m1/s1. The monoisotopic (exact) mass is 1000 g/mol. The van der Waals surface area contributed by atoms with Crippen molar-refractivity contribution in [1.82, 2.24) is 0 Å². The first kappa shape index (κ1) is 67.8. The van der Waals surface area contributed by atoms with Crippen molar-refractivity contribution >= 4 is 17.9 Å². The van der Waals surface area contributed by atoms with Gasteiger partial charge in [0.25, 0.3) is 0 Å². The molecular weight excluding hydrogens is 901 g/mol. The van der Waals surface area contributed by atoms with Crippen LogP contribution < -0.4 is 0 Å². The summed E-state index contributed by atoms with van der Waals surface area (Å²) in [5.74, 6) is -1.15. The van der Waals surface area contributed by atoms with Crippen LogP contribution in [0.5, 0.6) is 0 Å². The normalized spacial score (nSPS) is 13.4. The Hall–Kier alpha value is -5.23. The number of unbranched alkanes of at least 4 members (excludes halogenated alkanes) is 10. The van der Waals surface area contributed by atoms with Crippen LogP contribution in [0.4, 0.5) is 0 Å². The van der Waals surface area contributed by atoms with Crippen molar-refractivity contribution in [2.45, 2.75) is 219 Å². The van der Waals surface area contributed by atoms with Gasteiger partial charge in [-0.1, -0.05) is 229 Å². The summed E-state index contributed by atoms with van der Waals surface area (Å²) in [6.45, 7) is 6.30. The molecule has 0 aromatic rings. The Morgan fingerprint density at radius 3 is 0.904 bits per heavy atom. The van der Waals surface area contributed by atoms with E-state index in [1.54, 1.807) is 0 Å². The van der Waals surface area contributed by atoms with E-state index in [1.165, 1.54) is 51.4 Å².